The first kappa shape index (κ1) is 20.5. The van der Waals surface area contributed by atoms with E-state index in [0.29, 0.717) is 4.90 Å². The van der Waals surface area contributed by atoms with E-state index >= 15 is 0 Å². The zero-order chi connectivity index (χ0) is 21.3. The summed E-state index contributed by atoms with van der Waals surface area (Å²) in [6.07, 6.45) is 1.97. The predicted molar refractivity (Wildman–Crippen MR) is 123 cm³/mol. The molecule has 0 bridgehead atoms. The van der Waals surface area contributed by atoms with Crippen LogP contribution in [0.25, 0.3) is 10.2 Å². The molecule has 0 aliphatic heterocycles. The number of aryl methyl sites for hydroxylation is 2. The van der Waals surface area contributed by atoms with Gasteiger partial charge in [-0.2, -0.15) is 0 Å². The quantitative estimate of drug-likeness (QED) is 0.451. The highest BCUT2D eigenvalue weighted by Gasteiger charge is 2.19. The van der Waals surface area contributed by atoms with Crippen molar-refractivity contribution in [2.24, 2.45) is 0 Å². The number of nitrogens with zero attached hydrogens (tertiary/aromatic N) is 2. The molecule has 0 fully saturated rings. The van der Waals surface area contributed by atoms with Crippen LogP contribution < -0.4 is 5.32 Å². The van der Waals surface area contributed by atoms with Gasteiger partial charge in [0.2, 0.25) is 0 Å². The van der Waals surface area contributed by atoms with Crippen LogP contribution in [0.5, 0.6) is 0 Å². The summed E-state index contributed by atoms with van der Waals surface area (Å²) in [6, 6.07) is 17.1. The molecule has 0 saturated carbocycles. The molecule has 0 radical (unpaired) electrons. The van der Waals surface area contributed by atoms with Crippen molar-refractivity contribution in [1.29, 1.82) is 0 Å². The topological polar surface area (TPSA) is 72.0 Å². The maximum atomic E-state index is 12.1. The van der Waals surface area contributed by atoms with Crippen molar-refractivity contribution in [2.75, 3.05) is 11.6 Å². The lowest BCUT2D eigenvalue weighted by atomic mass is 9.97. The number of anilines is 1. The van der Waals surface area contributed by atoms with Gasteiger partial charge >= 0.3 is 0 Å². The standard InChI is InChI=1S/C23H23N3O2S2/c1-4-20-24-22(19-12-13-29-23(19)25-20)26-21(16-10-8-15(2)9-11-16)17-6-5-7-18(14-17)30(3,27)28/h5-14,21H,4H2,1-3H3,(H,24,25,26). The first-order valence-electron chi connectivity index (χ1n) is 9.72. The van der Waals surface area contributed by atoms with Gasteiger partial charge in [-0.1, -0.05) is 48.9 Å². The number of fused-ring (bicyclic) bond motifs is 1. The van der Waals surface area contributed by atoms with E-state index in [4.69, 9.17) is 4.98 Å². The maximum Gasteiger partial charge on any atom is 0.175 e. The van der Waals surface area contributed by atoms with Crippen molar-refractivity contribution < 1.29 is 8.42 Å². The SMILES string of the molecule is CCc1nc(NC(c2ccc(C)cc2)c2cccc(S(C)(=O)=O)c2)c2ccsc2n1. The van der Waals surface area contributed by atoms with Crippen LogP contribution in [0.2, 0.25) is 0 Å². The summed E-state index contributed by atoms with van der Waals surface area (Å²) in [6.45, 7) is 4.08. The van der Waals surface area contributed by atoms with Gasteiger partial charge in [-0.25, -0.2) is 18.4 Å². The Kier molecular flexibility index (Phi) is 5.58. The molecular formula is C23H23N3O2S2. The average Bonchev–Trinajstić information content (AvgIpc) is 3.21. The van der Waals surface area contributed by atoms with Crippen molar-refractivity contribution in [1.82, 2.24) is 9.97 Å². The second kappa shape index (κ2) is 8.16. The first-order chi connectivity index (χ1) is 14.3. The van der Waals surface area contributed by atoms with Gasteiger partial charge in [0.15, 0.2) is 9.84 Å². The van der Waals surface area contributed by atoms with Gasteiger partial charge in [0, 0.05) is 12.7 Å². The van der Waals surface area contributed by atoms with Crippen LogP contribution in [0.1, 0.15) is 35.5 Å². The minimum Gasteiger partial charge on any atom is -0.358 e. The van der Waals surface area contributed by atoms with E-state index in [-0.39, 0.29) is 6.04 Å². The smallest absolute Gasteiger partial charge is 0.175 e. The summed E-state index contributed by atoms with van der Waals surface area (Å²) in [5, 5.41) is 6.55. The molecule has 2 aromatic carbocycles. The number of thiophene rings is 1. The largest absolute Gasteiger partial charge is 0.358 e. The van der Waals surface area contributed by atoms with E-state index in [1.165, 1.54) is 6.26 Å². The molecule has 1 atom stereocenters. The maximum absolute atomic E-state index is 12.1. The Morgan fingerprint density at radius 1 is 1.03 bits per heavy atom. The third kappa shape index (κ3) is 4.22. The number of benzene rings is 2. The summed E-state index contributed by atoms with van der Waals surface area (Å²) >= 11 is 1.59. The van der Waals surface area contributed by atoms with Gasteiger partial charge < -0.3 is 5.32 Å². The molecule has 0 aliphatic carbocycles. The van der Waals surface area contributed by atoms with Gasteiger partial charge in [0.1, 0.15) is 16.5 Å². The molecule has 0 saturated heterocycles. The summed E-state index contributed by atoms with van der Waals surface area (Å²) in [5.41, 5.74) is 3.06. The van der Waals surface area contributed by atoms with E-state index < -0.39 is 9.84 Å². The predicted octanol–water partition coefficient (Wildman–Crippen LogP) is 5.17. The number of rotatable bonds is 6. The second-order valence-corrected chi connectivity index (χ2v) is 10.2. The van der Waals surface area contributed by atoms with E-state index in [1.807, 2.05) is 31.4 Å². The molecule has 1 unspecified atom stereocenters. The number of hydrogen-bond acceptors (Lipinski definition) is 6. The monoisotopic (exact) mass is 437 g/mol. The molecule has 0 spiro atoms. The Labute approximate surface area is 180 Å². The van der Waals surface area contributed by atoms with Crippen LogP contribution >= 0.6 is 11.3 Å². The van der Waals surface area contributed by atoms with Gasteiger partial charge in [0.05, 0.1) is 16.3 Å². The molecule has 1 N–H and O–H groups in total. The normalized spacial score (nSPS) is 12.8. The van der Waals surface area contributed by atoms with Gasteiger partial charge in [-0.05, 0) is 41.6 Å². The van der Waals surface area contributed by atoms with Crippen LogP contribution in [-0.4, -0.2) is 24.6 Å². The van der Waals surface area contributed by atoms with Crippen LogP contribution in [0.3, 0.4) is 0 Å². The minimum atomic E-state index is -3.31. The van der Waals surface area contributed by atoms with E-state index in [0.717, 1.165) is 45.0 Å². The fraction of sp³-hybridized carbons (Fsp3) is 0.217. The minimum absolute atomic E-state index is 0.255. The summed E-state index contributed by atoms with van der Waals surface area (Å²) in [7, 11) is -3.31. The van der Waals surface area contributed by atoms with Crippen molar-refractivity contribution >= 4 is 37.2 Å². The summed E-state index contributed by atoms with van der Waals surface area (Å²) in [4.78, 5) is 10.6. The van der Waals surface area contributed by atoms with Crippen molar-refractivity contribution in [3.63, 3.8) is 0 Å². The number of hydrogen-bond donors (Lipinski definition) is 1. The molecule has 154 valence electrons. The van der Waals surface area contributed by atoms with E-state index in [1.54, 1.807) is 29.5 Å². The van der Waals surface area contributed by atoms with Crippen molar-refractivity contribution in [3.8, 4) is 0 Å². The Morgan fingerprint density at radius 3 is 2.50 bits per heavy atom. The van der Waals surface area contributed by atoms with Crippen LogP contribution in [0.4, 0.5) is 5.82 Å². The molecule has 0 amide bonds. The average molecular weight is 438 g/mol. The molecule has 2 aromatic heterocycles. The molecule has 2 heterocycles. The summed E-state index contributed by atoms with van der Waals surface area (Å²) in [5.74, 6) is 1.54. The highest BCUT2D eigenvalue weighted by Crippen LogP contribution is 2.32. The Bertz CT molecular complexity index is 1300. The molecular weight excluding hydrogens is 414 g/mol. The van der Waals surface area contributed by atoms with Gasteiger partial charge in [0.25, 0.3) is 0 Å². The van der Waals surface area contributed by atoms with Crippen molar-refractivity contribution in [2.45, 2.75) is 31.2 Å². The Morgan fingerprint density at radius 2 is 1.80 bits per heavy atom. The fourth-order valence-electron chi connectivity index (χ4n) is 3.35. The van der Waals surface area contributed by atoms with Crippen LogP contribution in [0, 0.1) is 6.92 Å². The molecule has 0 aliphatic rings. The van der Waals surface area contributed by atoms with E-state index in [2.05, 4.69) is 34.6 Å². The molecule has 4 rings (SSSR count). The Hall–Kier alpha value is -2.77. The number of sulfone groups is 1. The van der Waals surface area contributed by atoms with Gasteiger partial charge in [-0.3, -0.25) is 0 Å². The number of aromatic nitrogens is 2. The highest BCUT2D eigenvalue weighted by atomic mass is 32.2. The molecule has 5 nitrogen and oxygen atoms in total. The van der Waals surface area contributed by atoms with Crippen LogP contribution in [0.15, 0.2) is 64.9 Å². The van der Waals surface area contributed by atoms with Crippen LogP contribution in [-0.2, 0) is 16.3 Å². The molecule has 30 heavy (non-hydrogen) atoms. The van der Waals surface area contributed by atoms with Crippen molar-refractivity contribution in [3.05, 3.63) is 82.5 Å². The fourth-order valence-corrected chi connectivity index (χ4v) is 4.81. The second-order valence-electron chi connectivity index (χ2n) is 7.31. The summed E-state index contributed by atoms with van der Waals surface area (Å²) < 4.78 is 24.3. The van der Waals surface area contributed by atoms with Gasteiger partial charge in [-0.15, -0.1) is 11.3 Å². The van der Waals surface area contributed by atoms with E-state index in [9.17, 15) is 8.42 Å². The zero-order valence-corrected chi connectivity index (χ0v) is 18.7. The lowest BCUT2D eigenvalue weighted by molar-refractivity contribution is 0.601. The third-order valence-corrected chi connectivity index (χ3v) is 6.92. The third-order valence-electron chi connectivity index (χ3n) is 5.00. The highest BCUT2D eigenvalue weighted by molar-refractivity contribution is 7.90. The number of nitrogens with one attached hydrogen (secondary N) is 1. The molecule has 7 heteroatoms. The first-order valence-corrected chi connectivity index (χ1v) is 12.5. The Balaban J connectivity index is 1.85. The lowest BCUT2D eigenvalue weighted by Gasteiger charge is -2.22. The molecule has 4 aromatic rings. The zero-order valence-electron chi connectivity index (χ0n) is 17.1. The lowest BCUT2D eigenvalue weighted by Crippen LogP contribution is -2.15.